The number of fused-ring (bicyclic) bond motifs is 5. The van der Waals surface area contributed by atoms with Gasteiger partial charge in [0, 0.05) is 58.2 Å². The predicted octanol–water partition coefficient (Wildman–Crippen LogP) is 20.1. The molecule has 6 heterocycles. The quantitative estimate of drug-likeness (QED) is 0.0413. The summed E-state index contributed by atoms with van der Waals surface area (Å²) < 4.78 is 0. The summed E-state index contributed by atoms with van der Waals surface area (Å²) >= 11 is 6.88. The lowest BCUT2D eigenvalue weighted by molar-refractivity contribution is -0.124. The van der Waals surface area contributed by atoms with Crippen LogP contribution in [0.4, 0.5) is 22.7 Å². The van der Waals surface area contributed by atoms with Gasteiger partial charge < -0.3 is 19.6 Å². The van der Waals surface area contributed by atoms with Crippen LogP contribution in [0.2, 0.25) is 0 Å². The highest BCUT2D eigenvalue weighted by Crippen LogP contribution is 2.54. The fraction of sp³-hybridized carbons (Fsp3) is 0.471. The summed E-state index contributed by atoms with van der Waals surface area (Å²) in [5, 5.41) is 1.44. The van der Waals surface area contributed by atoms with Crippen molar-refractivity contribution in [3.8, 4) is 20.9 Å². The maximum atomic E-state index is 15.5. The molecule has 8 nitrogen and oxygen atoms in total. The average Bonchev–Trinajstić information content (AvgIpc) is 4.45. The van der Waals surface area contributed by atoms with Gasteiger partial charge in [0.2, 0.25) is 0 Å². The number of carbonyl (C=O) groups excluding carboxylic acids is 2. The molecule has 4 aliphatic rings. The molecule has 80 heavy (non-hydrogen) atoms. The molecule has 0 N–H and O–H groups in total. The summed E-state index contributed by atoms with van der Waals surface area (Å²) in [6.45, 7) is 16.8. The first kappa shape index (κ1) is 58.1. The molecule has 422 valence electrons. The van der Waals surface area contributed by atoms with Crippen LogP contribution in [0, 0.1) is 11.8 Å². The third-order valence-electron chi connectivity index (χ3n) is 16.9. The summed E-state index contributed by atoms with van der Waals surface area (Å²) in [7, 11) is 0. The largest absolute Gasteiger partial charge is 0.339 e. The molecular weight excluding hydrogens is 1060 g/mol. The molecule has 2 unspecified atom stereocenters. The lowest BCUT2D eigenvalue weighted by Gasteiger charge is -2.35. The summed E-state index contributed by atoms with van der Waals surface area (Å²) in [4.78, 5) is 57.3. The van der Waals surface area contributed by atoms with Crippen molar-refractivity contribution in [1.82, 2.24) is 19.8 Å². The van der Waals surface area contributed by atoms with Crippen molar-refractivity contribution in [2.45, 2.75) is 190 Å². The Morgan fingerprint density at radius 3 is 1.23 bits per heavy atom. The highest BCUT2D eigenvalue weighted by atomic mass is 32.2. The van der Waals surface area contributed by atoms with Gasteiger partial charge in [-0.1, -0.05) is 204 Å². The molecule has 10 rings (SSSR count). The number of thiazole rings is 2. The van der Waals surface area contributed by atoms with E-state index < -0.39 is 0 Å². The minimum absolute atomic E-state index is 0.104. The normalized spacial score (nSPS) is 15.5. The molecule has 12 heteroatoms. The maximum absolute atomic E-state index is 15.5. The molecule has 2 amide bonds. The number of anilines is 4. The van der Waals surface area contributed by atoms with Crippen LogP contribution >= 0.6 is 46.2 Å². The van der Waals surface area contributed by atoms with Crippen molar-refractivity contribution >= 4 is 92.2 Å². The zero-order valence-electron chi connectivity index (χ0n) is 48.5. The van der Waals surface area contributed by atoms with Gasteiger partial charge in [-0.05, 0) is 97.2 Å². The fourth-order valence-corrected chi connectivity index (χ4v) is 16.3. The molecule has 0 aliphatic carbocycles. The number of carbonyl (C=O) groups is 2. The Hall–Kier alpha value is -5.14. The van der Waals surface area contributed by atoms with E-state index in [1.807, 2.05) is 45.7 Å². The Balaban J connectivity index is 1.01. The molecule has 0 saturated heterocycles. The van der Waals surface area contributed by atoms with E-state index in [1.165, 1.54) is 119 Å². The SMILES string of the molecule is CCCCCCCCN1C(=O)C2=C(c3ncc(-c4ccc5c(c4)Sc4ccccc4N5CC(CC)CCCC)s3)N(CCCCCCCC)C(=O)C2=C1c1ncc(-c2ccc3c(c2)Sc2ccccc2N3CC(CC)CCCC)s1. The molecule has 4 aliphatic heterocycles. The van der Waals surface area contributed by atoms with Crippen LogP contribution < -0.4 is 9.80 Å². The highest BCUT2D eigenvalue weighted by Gasteiger charge is 2.50. The summed E-state index contributed by atoms with van der Waals surface area (Å²) in [5.74, 6) is 1.02. The van der Waals surface area contributed by atoms with Crippen LogP contribution in [0.5, 0.6) is 0 Å². The number of aromatic nitrogens is 2. The minimum atomic E-state index is -0.104. The lowest BCUT2D eigenvalue weighted by Crippen LogP contribution is -2.31. The number of hydrogen-bond donors (Lipinski definition) is 0. The number of hydrogen-bond acceptors (Lipinski definition) is 10. The second-order valence-corrected chi connectivity index (χ2v) is 26.7. The van der Waals surface area contributed by atoms with Crippen LogP contribution in [-0.4, -0.2) is 57.8 Å². The Kier molecular flexibility index (Phi) is 20.1. The minimum Gasteiger partial charge on any atom is -0.339 e. The van der Waals surface area contributed by atoms with Gasteiger partial charge >= 0.3 is 0 Å². The van der Waals surface area contributed by atoms with Gasteiger partial charge in [-0.15, -0.1) is 22.7 Å². The summed E-state index contributed by atoms with van der Waals surface area (Å²) in [6, 6.07) is 31.4. The molecule has 0 fully saturated rings. The summed E-state index contributed by atoms with van der Waals surface area (Å²) in [6.07, 6.45) is 26.8. The molecule has 0 saturated carbocycles. The zero-order chi connectivity index (χ0) is 55.5. The fourth-order valence-electron chi connectivity index (χ4n) is 12.1. The number of rotatable bonds is 30. The Labute approximate surface area is 495 Å². The number of amides is 2. The van der Waals surface area contributed by atoms with Gasteiger partial charge in [-0.3, -0.25) is 9.59 Å². The highest BCUT2D eigenvalue weighted by molar-refractivity contribution is 8.00. The number of unbranched alkanes of at least 4 members (excludes halogenated alkanes) is 12. The van der Waals surface area contributed by atoms with Crippen molar-refractivity contribution in [2.24, 2.45) is 11.8 Å². The first-order valence-electron chi connectivity index (χ1n) is 30.7. The van der Waals surface area contributed by atoms with Gasteiger partial charge in [-0.25, -0.2) is 9.97 Å². The van der Waals surface area contributed by atoms with Crippen molar-refractivity contribution in [1.29, 1.82) is 0 Å². The van der Waals surface area contributed by atoms with Gasteiger partial charge in [-0.2, -0.15) is 0 Å². The molecular formula is C68H84N6O2S4. The van der Waals surface area contributed by atoms with E-state index in [0.29, 0.717) is 47.5 Å². The van der Waals surface area contributed by atoms with Crippen molar-refractivity contribution < 1.29 is 9.59 Å². The van der Waals surface area contributed by atoms with E-state index >= 15 is 9.59 Å². The topological polar surface area (TPSA) is 72.9 Å². The maximum Gasteiger partial charge on any atom is 0.261 e. The Bertz CT molecular complexity index is 2960. The zero-order valence-corrected chi connectivity index (χ0v) is 51.8. The monoisotopic (exact) mass is 1140 g/mol. The van der Waals surface area contributed by atoms with Gasteiger partial charge in [0.15, 0.2) is 0 Å². The van der Waals surface area contributed by atoms with Crippen LogP contribution in [0.15, 0.2) is 128 Å². The molecule has 6 aromatic rings. The third kappa shape index (κ3) is 12.6. The number of nitrogens with zero attached hydrogens (tertiary/aromatic N) is 6. The molecule has 0 bridgehead atoms. The van der Waals surface area contributed by atoms with E-state index in [-0.39, 0.29) is 11.8 Å². The molecule has 2 aromatic heterocycles. The molecule has 0 spiro atoms. The van der Waals surface area contributed by atoms with Crippen LogP contribution in [-0.2, 0) is 9.59 Å². The Morgan fingerprint density at radius 2 is 0.812 bits per heavy atom. The second kappa shape index (κ2) is 27.8. The predicted molar refractivity (Wildman–Crippen MR) is 341 cm³/mol. The van der Waals surface area contributed by atoms with Crippen molar-refractivity contribution in [3.63, 3.8) is 0 Å². The standard InChI is InChI=1S/C68H84N6O2S4/c1-7-13-17-19-21-27-39-71-63(65-69-43-59(79-65)49-35-37-53-57(41-49)77-55-33-25-23-31-51(55)73(53)45-47(11-5)29-15-9-3)61-62(67(71)75)64(72(68(61)76)40-28-22-20-18-14-8-2)66-70-44-60(80-66)50-36-38-54-58(42-50)78-56-34-26-24-32-52(56)74(54)46-48(12-6)30-16-10-4/h23-26,31-38,41-44,47-48H,7-22,27-30,39-40,45-46H2,1-6H3. The molecule has 4 aromatic carbocycles. The van der Waals surface area contributed by atoms with E-state index in [9.17, 15) is 0 Å². The first-order valence-corrected chi connectivity index (χ1v) is 34.0. The molecule has 0 radical (unpaired) electrons. The lowest BCUT2D eigenvalue weighted by atomic mass is 9.98. The van der Waals surface area contributed by atoms with Crippen LogP contribution in [0.25, 0.3) is 32.3 Å². The van der Waals surface area contributed by atoms with E-state index in [2.05, 4.69) is 136 Å². The van der Waals surface area contributed by atoms with Gasteiger partial charge in [0.1, 0.15) is 10.0 Å². The van der Waals surface area contributed by atoms with Crippen molar-refractivity contribution in [3.05, 3.63) is 118 Å². The van der Waals surface area contributed by atoms with E-state index in [1.54, 1.807) is 22.7 Å². The van der Waals surface area contributed by atoms with Crippen LogP contribution in [0.1, 0.15) is 180 Å². The van der Waals surface area contributed by atoms with Crippen LogP contribution in [0.3, 0.4) is 0 Å². The first-order chi connectivity index (χ1) is 39.3. The van der Waals surface area contributed by atoms with Crippen molar-refractivity contribution in [2.75, 3.05) is 36.0 Å². The third-order valence-corrected chi connectivity index (χ3v) is 21.2. The van der Waals surface area contributed by atoms with E-state index in [4.69, 9.17) is 9.97 Å². The van der Waals surface area contributed by atoms with Gasteiger partial charge in [0.25, 0.3) is 11.8 Å². The summed E-state index contributed by atoms with van der Waals surface area (Å²) in [5.41, 5.74) is 9.60. The average molecular weight is 1150 g/mol. The number of para-hydroxylation sites is 2. The van der Waals surface area contributed by atoms with Gasteiger partial charge in [0.05, 0.1) is 55.0 Å². The van der Waals surface area contributed by atoms with E-state index in [0.717, 1.165) is 95.4 Å². The smallest absolute Gasteiger partial charge is 0.261 e. The second-order valence-electron chi connectivity index (χ2n) is 22.5. The molecule has 2 atom stereocenters. The number of benzene rings is 4. The Morgan fingerprint density at radius 1 is 0.425 bits per heavy atom.